The normalized spacial score (nSPS) is 10.1. The molecule has 1 aromatic rings. The second-order valence-corrected chi connectivity index (χ2v) is 3.59. The molecule has 1 aromatic carbocycles. The van der Waals surface area contributed by atoms with E-state index in [1.165, 1.54) is 11.1 Å². The van der Waals surface area contributed by atoms with Gasteiger partial charge in [0.25, 0.3) is 0 Å². The van der Waals surface area contributed by atoms with Crippen LogP contribution >= 0.6 is 0 Å². The number of hydrogen-bond acceptors (Lipinski definition) is 1. The quantitative estimate of drug-likeness (QED) is 0.803. The molecule has 0 saturated carbocycles. The maximum absolute atomic E-state index is 11.2. The first-order valence-corrected chi connectivity index (χ1v) is 5.62. The zero-order valence-corrected chi connectivity index (χ0v) is 9.76. The summed E-state index contributed by atoms with van der Waals surface area (Å²) in [5.41, 5.74) is 3.61. The molecule has 0 aliphatic rings. The van der Waals surface area contributed by atoms with Crippen LogP contribution in [0.5, 0.6) is 0 Å². The number of carbonyl (C=O) groups excluding carboxylic acids is 1. The molecular formula is C13H19NO. The zero-order chi connectivity index (χ0) is 11.3. The van der Waals surface area contributed by atoms with Crippen molar-refractivity contribution in [3.8, 4) is 0 Å². The van der Waals surface area contributed by atoms with Gasteiger partial charge in [-0.3, -0.25) is 4.79 Å². The first kappa shape index (κ1) is 11.8. The van der Waals surface area contributed by atoms with Crippen LogP contribution in [0.4, 0.5) is 5.69 Å². The van der Waals surface area contributed by atoms with Crippen molar-refractivity contribution in [3.63, 3.8) is 0 Å². The van der Waals surface area contributed by atoms with Crippen molar-refractivity contribution in [1.82, 2.24) is 0 Å². The van der Waals surface area contributed by atoms with Gasteiger partial charge >= 0.3 is 0 Å². The van der Waals surface area contributed by atoms with E-state index < -0.39 is 0 Å². The number of carbonyl (C=O) groups is 1. The maximum Gasteiger partial charge on any atom is 0.224 e. The lowest BCUT2D eigenvalue weighted by molar-refractivity contribution is -0.115. The molecule has 2 heteroatoms. The van der Waals surface area contributed by atoms with Gasteiger partial charge in [-0.05, 0) is 36.1 Å². The molecule has 1 amide bonds. The summed E-state index contributed by atoms with van der Waals surface area (Å²) >= 11 is 0. The van der Waals surface area contributed by atoms with Crippen LogP contribution in [0.15, 0.2) is 18.2 Å². The molecule has 2 nitrogen and oxygen atoms in total. The van der Waals surface area contributed by atoms with Crippen LogP contribution in [0.1, 0.15) is 38.3 Å². The van der Waals surface area contributed by atoms with Gasteiger partial charge in [-0.15, -0.1) is 0 Å². The topological polar surface area (TPSA) is 29.1 Å². The molecule has 0 aromatic heterocycles. The average Bonchev–Trinajstić information content (AvgIpc) is 2.28. The van der Waals surface area contributed by atoms with Gasteiger partial charge < -0.3 is 5.32 Å². The minimum atomic E-state index is 0.0706. The van der Waals surface area contributed by atoms with Gasteiger partial charge in [0.05, 0.1) is 0 Å². The third kappa shape index (κ3) is 3.08. The fraction of sp³-hybridized carbons (Fsp3) is 0.462. The van der Waals surface area contributed by atoms with Crippen molar-refractivity contribution < 1.29 is 4.79 Å². The van der Waals surface area contributed by atoms with E-state index in [1.54, 1.807) is 0 Å². The lowest BCUT2D eigenvalue weighted by atomic mass is 10.0. The standard InChI is InChI=1S/C13H19NO/c1-4-10-7-8-12(9-11(10)5-2)14-13(15)6-3/h7-9H,4-6H2,1-3H3,(H,14,15). The Morgan fingerprint density at radius 2 is 1.80 bits per heavy atom. The first-order chi connectivity index (χ1) is 7.21. The Morgan fingerprint density at radius 3 is 2.33 bits per heavy atom. The summed E-state index contributed by atoms with van der Waals surface area (Å²) in [6, 6.07) is 6.15. The second kappa shape index (κ2) is 5.54. The van der Waals surface area contributed by atoms with Crippen molar-refractivity contribution in [2.24, 2.45) is 0 Å². The number of hydrogen-bond donors (Lipinski definition) is 1. The van der Waals surface area contributed by atoms with E-state index >= 15 is 0 Å². The summed E-state index contributed by atoms with van der Waals surface area (Å²) in [5, 5.41) is 2.88. The van der Waals surface area contributed by atoms with Gasteiger partial charge in [-0.1, -0.05) is 26.8 Å². The van der Waals surface area contributed by atoms with E-state index in [9.17, 15) is 4.79 Å². The SMILES string of the molecule is CCC(=O)Nc1ccc(CC)c(CC)c1. The molecule has 0 fully saturated rings. The Hall–Kier alpha value is -1.31. The highest BCUT2D eigenvalue weighted by atomic mass is 16.1. The molecule has 82 valence electrons. The van der Waals surface area contributed by atoms with E-state index in [0.717, 1.165) is 18.5 Å². The molecule has 0 aliphatic heterocycles. The Balaban J connectivity index is 2.88. The predicted octanol–water partition coefficient (Wildman–Crippen LogP) is 3.16. The molecule has 1 N–H and O–H groups in total. The minimum absolute atomic E-state index is 0.0706. The molecule has 0 unspecified atom stereocenters. The molecule has 0 atom stereocenters. The Labute approximate surface area is 91.7 Å². The highest BCUT2D eigenvalue weighted by Crippen LogP contribution is 2.17. The van der Waals surface area contributed by atoms with Crippen molar-refractivity contribution in [2.75, 3.05) is 5.32 Å². The predicted molar refractivity (Wildman–Crippen MR) is 64.1 cm³/mol. The molecule has 15 heavy (non-hydrogen) atoms. The minimum Gasteiger partial charge on any atom is -0.326 e. The number of aryl methyl sites for hydroxylation is 2. The number of amides is 1. The smallest absolute Gasteiger partial charge is 0.224 e. The second-order valence-electron chi connectivity index (χ2n) is 3.59. The maximum atomic E-state index is 11.2. The van der Waals surface area contributed by atoms with Crippen molar-refractivity contribution in [2.45, 2.75) is 40.0 Å². The lowest BCUT2D eigenvalue weighted by Crippen LogP contribution is -2.09. The Kier molecular flexibility index (Phi) is 4.35. The van der Waals surface area contributed by atoms with Crippen molar-refractivity contribution in [3.05, 3.63) is 29.3 Å². The van der Waals surface area contributed by atoms with Gasteiger partial charge in [0.15, 0.2) is 0 Å². The Morgan fingerprint density at radius 1 is 1.13 bits per heavy atom. The van der Waals surface area contributed by atoms with E-state index in [1.807, 2.05) is 13.0 Å². The summed E-state index contributed by atoms with van der Waals surface area (Å²) < 4.78 is 0. The summed E-state index contributed by atoms with van der Waals surface area (Å²) in [6.07, 6.45) is 2.58. The summed E-state index contributed by atoms with van der Waals surface area (Å²) in [5.74, 6) is 0.0706. The van der Waals surface area contributed by atoms with E-state index in [0.29, 0.717) is 6.42 Å². The fourth-order valence-corrected chi connectivity index (χ4v) is 1.63. The third-order valence-corrected chi connectivity index (χ3v) is 2.57. The molecule has 0 bridgehead atoms. The van der Waals surface area contributed by atoms with Crippen LogP contribution < -0.4 is 5.32 Å². The van der Waals surface area contributed by atoms with Gasteiger partial charge in [0.1, 0.15) is 0 Å². The third-order valence-electron chi connectivity index (χ3n) is 2.57. The molecule has 0 spiro atoms. The number of benzene rings is 1. The van der Waals surface area contributed by atoms with E-state index in [4.69, 9.17) is 0 Å². The highest BCUT2D eigenvalue weighted by molar-refractivity contribution is 5.90. The van der Waals surface area contributed by atoms with Crippen LogP contribution in [-0.2, 0) is 17.6 Å². The monoisotopic (exact) mass is 205 g/mol. The largest absolute Gasteiger partial charge is 0.326 e. The zero-order valence-electron chi connectivity index (χ0n) is 9.76. The van der Waals surface area contributed by atoms with Crippen LogP contribution in [0.2, 0.25) is 0 Å². The van der Waals surface area contributed by atoms with Crippen LogP contribution in [-0.4, -0.2) is 5.91 Å². The summed E-state index contributed by atoms with van der Waals surface area (Å²) in [7, 11) is 0. The highest BCUT2D eigenvalue weighted by Gasteiger charge is 2.02. The van der Waals surface area contributed by atoms with Crippen molar-refractivity contribution in [1.29, 1.82) is 0 Å². The van der Waals surface area contributed by atoms with Crippen LogP contribution in [0, 0.1) is 0 Å². The lowest BCUT2D eigenvalue weighted by Gasteiger charge is -2.09. The van der Waals surface area contributed by atoms with E-state index in [2.05, 4.69) is 31.3 Å². The van der Waals surface area contributed by atoms with Crippen LogP contribution in [0.3, 0.4) is 0 Å². The molecular weight excluding hydrogens is 186 g/mol. The average molecular weight is 205 g/mol. The number of anilines is 1. The number of nitrogens with one attached hydrogen (secondary N) is 1. The molecule has 0 radical (unpaired) electrons. The summed E-state index contributed by atoms with van der Waals surface area (Å²) in [4.78, 5) is 11.2. The molecule has 1 rings (SSSR count). The van der Waals surface area contributed by atoms with Gasteiger partial charge in [0.2, 0.25) is 5.91 Å². The molecule has 0 heterocycles. The van der Waals surface area contributed by atoms with Gasteiger partial charge in [0, 0.05) is 12.1 Å². The first-order valence-electron chi connectivity index (χ1n) is 5.62. The molecule has 0 aliphatic carbocycles. The number of rotatable bonds is 4. The van der Waals surface area contributed by atoms with E-state index in [-0.39, 0.29) is 5.91 Å². The fourth-order valence-electron chi connectivity index (χ4n) is 1.63. The van der Waals surface area contributed by atoms with Gasteiger partial charge in [-0.2, -0.15) is 0 Å². The summed E-state index contributed by atoms with van der Waals surface area (Å²) in [6.45, 7) is 6.15. The van der Waals surface area contributed by atoms with Crippen molar-refractivity contribution >= 4 is 11.6 Å². The molecule has 0 saturated heterocycles. The van der Waals surface area contributed by atoms with Crippen LogP contribution in [0.25, 0.3) is 0 Å². The van der Waals surface area contributed by atoms with Gasteiger partial charge in [-0.25, -0.2) is 0 Å². The Bertz CT molecular complexity index is 344.